The molecule has 1 N–H and O–H groups in total. The first-order valence-electron chi connectivity index (χ1n) is 6.88. The lowest BCUT2D eigenvalue weighted by atomic mass is 10.0. The largest absolute Gasteiger partial charge is 0.314 e. The SMILES string of the molecule is CCNC(C)Cc1ccc(-c2cc(Br)ccc2F)cc1. The molecule has 0 radical (unpaired) electrons. The van der Waals surface area contributed by atoms with Gasteiger partial charge in [0.15, 0.2) is 0 Å². The number of hydrogen-bond donors (Lipinski definition) is 1. The van der Waals surface area contributed by atoms with Crippen molar-refractivity contribution in [2.75, 3.05) is 6.54 Å². The van der Waals surface area contributed by atoms with Gasteiger partial charge in [-0.15, -0.1) is 0 Å². The Balaban J connectivity index is 2.17. The third-order valence-corrected chi connectivity index (χ3v) is 3.78. The van der Waals surface area contributed by atoms with E-state index in [1.54, 1.807) is 6.07 Å². The zero-order chi connectivity index (χ0) is 14.5. The minimum Gasteiger partial charge on any atom is -0.314 e. The minimum absolute atomic E-state index is 0.193. The van der Waals surface area contributed by atoms with E-state index < -0.39 is 0 Å². The van der Waals surface area contributed by atoms with Gasteiger partial charge < -0.3 is 5.32 Å². The van der Waals surface area contributed by atoms with Gasteiger partial charge in [-0.3, -0.25) is 0 Å². The second kappa shape index (κ2) is 7.00. The lowest BCUT2D eigenvalue weighted by molar-refractivity contribution is 0.565. The summed E-state index contributed by atoms with van der Waals surface area (Å²) in [6.45, 7) is 5.25. The van der Waals surface area contributed by atoms with E-state index in [0.717, 1.165) is 23.0 Å². The van der Waals surface area contributed by atoms with Crippen LogP contribution >= 0.6 is 15.9 Å². The van der Waals surface area contributed by atoms with Crippen LogP contribution < -0.4 is 5.32 Å². The van der Waals surface area contributed by atoms with Gasteiger partial charge in [-0.25, -0.2) is 4.39 Å². The number of rotatable bonds is 5. The smallest absolute Gasteiger partial charge is 0.131 e. The highest BCUT2D eigenvalue weighted by molar-refractivity contribution is 9.10. The number of halogens is 2. The van der Waals surface area contributed by atoms with Crippen LogP contribution in [0.3, 0.4) is 0 Å². The minimum atomic E-state index is -0.193. The fourth-order valence-corrected chi connectivity index (χ4v) is 2.67. The molecule has 0 bridgehead atoms. The van der Waals surface area contributed by atoms with Gasteiger partial charge in [0.25, 0.3) is 0 Å². The molecule has 0 aromatic heterocycles. The normalized spacial score (nSPS) is 12.4. The van der Waals surface area contributed by atoms with Crippen LogP contribution in [-0.4, -0.2) is 12.6 Å². The zero-order valence-corrected chi connectivity index (χ0v) is 13.4. The molecule has 0 aliphatic heterocycles. The molecule has 0 amide bonds. The summed E-state index contributed by atoms with van der Waals surface area (Å²) in [6.07, 6.45) is 0.981. The third-order valence-electron chi connectivity index (χ3n) is 3.29. The maximum atomic E-state index is 13.8. The van der Waals surface area contributed by atoms with E-state index in [1.165, 1.54) is 11.6 Å². The highest BCUT2D eigenvalue weighted by atomic mass is 79.9. The summed E-state index contributed by atoms with van der Waals surface area (Å²) in [7, 11) is 0. The van der Waals surface area contributed by atoms with Crippen molar-refractivity contribution in [3.63, 3.8) is 0 Å². The molecular formula is C17H19BrFN. The standard InChI is InChI=1S/C17H19BrFN/c1-3-20-12(2)10-13-4-6-14(7-5-13)16-11-15(18)8-9-17(16)19/h4-9,11-12,20H,3,10H2,1-2H3. The van der Waals surface area contributed by atoms with Crippen LogP contribution in [-0.2, 0) is 6.42 Å². The Morgan fingerprint density at radius 3 is 2.50 bits per heavy atom. The molecule has 0 aliphatic carbocycles. The molecule has 2 aromatic carbocycles. The number of nitrogens with one attached hydrogen (secondary N) is 1. The molecule has 0 saturated heterocycles. The number of hydrogen-bond acceptors (Lipinski definition) is 1. The lowest BCUT2D eigenvalue weighted by Crippen LogP contribution is -2.27. The fourth-order valence-electron chi connectivity index (χ4n) is 2.31. The highest BCUT2D eigenvalue weighted by Gasteiger charge is 2.07. The van der Waals surface area contributed by atoms with E-state index in [9.17, 15) is 4.39 Å². The maximum absolute atomic E-state index is 13.8. The van der Waals surface area contributed by atoms with Gasteiger partial charge in [0.2, 0.25) is 0 Å². The maximum Gasteiger partial charge on any atom is 0.131 e. The predicted octanol–water partition coefficient (Wildman–Crippen LogP) is 4.80. The van der Waals surface area contributed by atoms with Gasteiger partial charge in [0.05, 0.1) is 0 Å². The van der Waals surface area contributed by atoms with E-state index in [1.807, 2.05) is 18.2 Å². The van der Waals surface area contributed by atoms with Crippen LogP contribution in [0.4, 0.5) is 4.39 Å². The summed E-state index contributed by atoms with van der Waals surface area (Å²) < 4.78 is 14.7. The zero-order valence-electron chi connectivity index (χ0n) is 11.8. The van der Waals surface area contributed by atoms with E-state index >= 15 is 0 Å². The van der Waals surface area contributed by atoms with Gasteiger partial charge in [-0.1, -0.05) is 47.1 Å². The van der Waals surface area contributed by atoms with Gasteiger partial charge in [0.1, 0.15) is 5.82 Å². The topological polar surface area (TPSA) is 12.0 Å². The summed E-state index contributed by atoms with van der Waals surface area (Å²) in [5.74, 6) is -0.193. The molecule has 3 heteroatoms. The van der Waals surface area contributed by atoms with Gasteiger partial charge in [-0.05, 0) is 49.2 Å². The summed E-state index contributed by atoms with van der Waals surface area (Å²) in [6, 6.07) is 13.6. The first-order chi connectivity index (χ1) is 9.60. The molecule has 2 aromatic rings. The van der Waals surface area contributed by atoms with Crippen LogP contribution in [0.25, 0.3) is 11.1 Å². The Hall–Kier alpha value is -1.19. The third kappa shape index (κ3) is 3.90. The van der Waals surface area contributed by atoms with E-state index in [4.69, 9.17) is 0 Å². The predicted molar refractivity (Wildman–Crippen MR) is 86.4 cm³/mol. The van der Waals surface area contributed by atoms with Crippen molar-refractivity contribution < 1.29 is 4.39 Å². The Bertz CT molecular complexity index is 566. The molecule has 0 spiro atoms. The number of likely N-dealkylation sites (N-methyl/N-ethyl adjacent to an activating group) is 1. The van der Waals surface area contributed by atoms with Crippen molar-refractivity contribution in [2.24, 2.45) is 0 Å². The second-order valence-electron chi connectivity index (χ2n) is 4.98. The van der Waals surface area contributed by atoms with Crippen LogP contribution in [0.2, 0.25) is 0 Å². The Kier molecular flexibility index (Phi) is 5.32. The van der Waals surface area contributed by atoms with Crippen LogP contribution in [0.1, 0.15) is 19.4 Å². The average Bonchev–Trinajstić information content (AvgIpc) is 2.43. The van der Waals surface area contributed by atoms with E-state index in [-0.39, 0.29) is 5.82 Å². The van der Waals surface area contributed by atoms with Gasteiger partial charge >= 0.3 is 0 Å². The fraction of sp³-hybridized carbons (Fsp3) is 0.294. The summed E-state index contributed by atoms with van der Waals surface area (Å²) >= 11 is 3.38. The van der Waals surface area contributed by atoms with Crippen molar-refractivity contribution in [3.05, 3.63) is 58.3 Å². The van der Waals surface area contributed by atoms with Crippen molar-refractivity contribution in [3.8, 4) is 11.1 Å². The van der Waals surface area contributed by atoms with E-state index in [2.05, 4.69) is 47.2 Å². The Morgan fingerprint density at radius 2 is 1.85 bits per heavy atom. The van der Waals surface area contributed by atoms with Crippen LogP contribution in [0, 0.1) is 5.82 Å². The van der Waals surface area contributed by atoms with Gasteiger partial charge in [0, 0.05) is 16.1 Å². The number of benzene rings is 2. The average molecular weight is 336 g/mol. The van der Waals surface area contributed by atoms with Crippen molar-refractivity contribution in [1.29, 1.82) is 0 Å². The van der Waals surface area contributed by atoms with Crippen molar-refractivity contribution in [2.45, 2.75) is 26.3 Å². The van der Waals surface area contributed by atoms with Crippen molar-refractivity contribution >= 4 is 15.9 Å². The second-order valence-corrected chi connectivity index (χ2v) is 5.90. The summed E-state index contributed by atoms with van der Waals surface area (Å²) in [5.41, 5.74) is 2.80. The molecule has 1 nitrogen and oxygen atoms in total. The molecule has 0 heterocycles. The summed E-state index contributed by atoms with van der Waals surface area (Å²) in [5, 5.41) is 3.39. The monoisotopic (exact) mass is 335 g/mol. The lowest BCUT2D eigenvalue weighted by Gasteiger charge is -2.12. The summed E-state index contributed by atoms with van der Waals surface area (Å²) in [4.78, 5) is 0. The molecule has 0 aliphatic rings. The van der Waals surface area contributed by atoms with E-state index in [0.29, 0.717) is 11.6 Å². The van der Waals surface area contributed by atoms with Crippen LogP contribution in [0.15, 0.2) is 46.9 Å². The van der Waals surface area contributed by atoms with Crippen molar-refractivity contribution in [1.82, 2.24) is 5.32 Å². The highest BCUT2D eigenvalue weighted by Crippen LogP contribution is 2.26. The first kappa shape index (κ1) is 15.2. The Morgan fingerprint density at radius 1 is 1.15 bits per heavy atom. The molecule has 1 unspecified atom stereocenters. The van der Waals surface area contributed by atoms with Gasteiger partial charge in [-0.2, -0.15) is 0 Å². The molecule has 0 saturated carbocycles. The molecular weight excluding hydrogens is 317 g/mol. The Labute approximate surface area is 128 Å². The first-order valence-corrected chi connectivity index (χ1v) is 7.67. The van der Waals surface area contributed by atoms with Crippen LogP contribution in [0.5, 0.6) is 0 Å². The molecule has 2 rings (SSSR count). The molecule has 1 atom stereocenters. The molecule has 0 fully saturated rings. The molecule has 20 heavy (non-hydrogen) atoms. The molecule has 106 valence electrons. The quantitative estimate of drug-likeness (QED) is 0.827.